The molecule has 2 amide bonds. The predicted octanol–water partition coefficient (Wildman–Crippen LogP) is 0.466. The lowest BCUT2D eigenvalue weighted by Crippen LogP contribution is -2.44. The molecule has 1 fully saturated rings. The number of rotatable bonds is 5. The molecule has 0 aliphatic carbocycles. The number of para-hydroxylation sites is 1. The molecule has 1 aromatic carbocycles. The molecule has 7 heteroatoms. The number of piperidine rings is 1. The number of hydrogen-bond donors (Lipinski definition) is 2. The van der Waals surface area contributed by atoms with Crippen molar-refractivity contribution in [3.8, 4) is 0 Å². The van der Waals surface area contributed by atoms with E-state index >= 15 is 0 Å². The van der Waals surface area contributed by atoms with Crippen LogP contribution in [-0.2, 0) is 11.8 Å². The summed E-state index contributed by atoms with van der Waals surface area (Å²) in [6.45, 7) is 2.56. The number of aromatic nitrogens is 1. The molecule has 1 aromatic heterocycles. The maximum Gasteiger partial charge on any atom is 0.263 e. The standard InChI is InChI=1S/C19H24N4O3/c1-22-16-7-3-2-5-13(16)11-15(19(22)26)18(25)21-8-10-23-9-4-6-14(12-23)17(20)24/h2-3,5,7,11,14H,4,6,8-10,12H2,1H3,(H2,20,24)(H,21,25)/t14-/m0/s1. The first kappa shape index (κ1) is 18.1. The van der Waals surface area contributed by atoms with Gasteiger partial charge in [0.2, 0.25) is 5.91 Å². The molecule has 0 saturated carbocycles. The van der Waals surface area contributed by atoms with Gasteiger partial charge in [-0.1, -0.05) is 18.2 Å². The Morgan fingerprint density at radius 2 is 2.08 bits per heavy atom. The third-order valence-electron chi connectivity index (χ3n) is 5.00. The van der Waals surface area contributed by atoms with E-state index in [4.69, 9.17) is 5.73 Å². The highest BCUT2D eigenvalue weighted by Crippen LogP contribution is 2.15. The summed E-state index contributed by atoms with van der Waals surface area (Å²) in [6, 6.07) is 9.10. The Labute approximate surface area is 151 Å². The van der Waals surface area contributed by atoms with Crippen LogP contribution in [0.15, 0.2) is 35.1 Å². The fourth-order valence-corrected chi connectivity index (χ4v) is 3.50. The third kappa shape index (κ3) is 3.77. The van der Waals surface area contributed by atoms with Gasteiger partial charge in [0.25, 0.3) is 11.5 Å². The zero-order chi connectivity index (χ0) is 18.7. The van der Waals surface area contributed by atoms with Crippen molar-refractivity contribution in [1.29, 1.82) is 0 Å². The molecule has 0 bridgehead atoms. The first-order chi connectivity index (χ1) is 12.5. The monoisotopic (exact) mass is 356 g/mol. The lowest BCUT2D eigenvalue weighted by molar-refractivity contribution is -0.123. The van der Waals surface area contributed by atoms with Crippen molar-refractivity contribution in [1.82, 2.24) is 14.8 Å². The van der Waals surface area contributed by atoms with Gasteiger partial charge in [-0.05, 0) is 36.9 Å². The molecule has 3 rings (SSSR count). The molecule has 2 heterocycles. The van der Waals surface area contributed by atoms with Crippen molar-refractivity contribution >= 4 is 22.7 Å². The number of carbonyl (C=O) groups is 2. The Kier molecular flexibility index (Phi) is 5.37. The van der Waals surface area contributed by atoms with Crippen LogP contribution in [0.4, 0.5) is 0 Å². The van der Waals surface area contributed by atoms with Crippen LogP contribution >= 0.6 is 0 Å². The van der Waals surface area contributed by atoms with E-state index in [1.54, 1.807) is 13.1 Å². The molecule has 7 nitrogen and oxygen atoms in total. The van der Waals surface area contributed by atoms with Gasteiger partial charge in [0, 0.05) is 26.7 Å². The Balaban J connectivity index is 1.64. The van der Waals surface area contributed by atoms with Crippen LogP contribution < -0.4 is 16.6 Å². The van der Waals surface area contributed by atoms with E-state index in [2.05, 4.69) is 10.2 Å². The number of pyridine rings is 1. The second-order valence-corrected chi connectivity index (χ2v) is 6.78. The van der Waals surface area contributed by atoms with Gasteiger partial charge < -0.3 is 20.5 Å². The summed E-state index contributed by atoms with van der Waals surface area (Å²) < 4.78 is 1.49. The van der Waals surface area contributed by atoms with Gasteiger partial charge in [0.05, 0.1) is 11.4 Å². The number of benzene rings is 1. The zero-order valence-corrected chi connectivity index (χ0v) is 14.9. The fraction of sp³-hybridized carbons (Fsp3) is 0.421. The van der Waals surface area contributed by atoms with Crippen molar-refractivity contribution in [2.75, 3.05) is 26.2 Å². The number of likely N-dealkylation sites (tertiary alicyclic amines) is 1. The Bertz CT molecular complexity index is 890. The van der Waals surface area contributed by atoms with Crippen molar-refractivity contribution in [2.24, 2.45) is 18.7 Å². The topological polar surface area (TPSA) is 97.4 Å². The highest BCUT2D eigenvalue weighted by atomic mass is 16.2. The number of hydrogen-bond acceptors (Lipinski definition) is 4. The van der Waals surface area contributed by atoms with Crippen LogP contribution in [0.25, 0.3) is 10.9 Å². The Morgan fingerprint density at radius 1 is 1.31 bits per heavy atom. The molecule has 2 aromatic rings. The highest BCUT2D eigenvalue weighted by Gasteiger charge is 2.23. The molecule has 138 valence electrons. The van der Waals surface area contributed by atoms with Crippen LogP contribution in [-0.4, -0.2) is 47.5 Å². The molecule has 1 atom stereocenters. The summed E-state index contributed by atoms with van der Waals surface area (Å²) >= 11 is 0. The number of nitrogens with two attached hydrogens (primary N) is 1. The number of amides is 2. The number of fused-ring (bicyclic) bond motifs is 1. The largest absolute Gasteiger partial charge is 0.369 e. The zero-order valence-electron chi connectivity index (χ0n) is 14.9. The highest BCUT2D eigenvalue weighted by molar-refractivity contribution is 5.97. The summed E-state index contributed by atoms with van der Waals surface area (Å²) in [6.07, 6.45) is 1.75. The minimum atomic E-state index is -0.375. The van der Waals surface area contributed by atoms with Gasteiger partial charge in [-0.15, -0.1) is 0 Å². The lowest BCUT2D eigenvalue weighted by Gasteiger charge is -2.31. The molecule has 0 radical (unpaired) electrons. The molecule has 1 saturated heterocycles. The molecule has 1 aliphatic heterocycles. The van der Waals surface area contributed by atoms with E-state index in [0.717, 1.165) is 30.3 Å². The molecule has 1 aliphatic rings. The summed E-state index contributed by atoms with van der Waals surface area (Å²) in [5.74, 6) is -0.759. The average Bonchev–Trinajstić information content (AvgIpc) is 2.64. The number of nitrogens with one attached hydrogen (secondary N) is 1. The number of primary amides is 1. The van der Waals surface area contributed by atoms with Crippen LogP contribution in [0.3, 0.4) is 0 Å². The fourth-order valence-electron chi connectivity index (χ4n) is 3.50. The van der Waals surface area contributed by atoms with E-state index in [1.165, 1.54) is 4.57 Å². The number of nitrogens with zero attached hydrogens (tertiary/aromatic N) is 2. The molecular weight excluding hydrogens is 332 g/mol. The van der Waals surface area contributed by atoms with Gasteiger partial charge in [-0.2, -0.15) is 0 Å². The van der Waals surface area contributed by atoms with E-state index in [-0.39, 0.29) is 28.9 Å². The SMILES string of the molecule is Cn1c(=O)c(C(=O)NCCN2CCC[C@H](C(N)=O)C2)cc2ccccc21. The minimum absolute atomic E-state index is 0.118. The molecule has 0 spiro atoms. The van der Waals surface area contributed by atoms with E-state index < -0.39 is 0 Å². The number of carbonyl (C=O) groups excluding carboxylic acids is 2. The first-order valence-electron chi connectivity index (χ1n) is 8.86. The van der Waals surface area contributed by atoms with Gasteiger partial charge in [-0.3, -0.25) is 14.4 Å². The predicted molar refractivity (Wildman–Crippen MR) is 99.9 cm³/mol. The maximum absolute atomic E-state index is 12.5. The molecular formula is C19H24N4O3. The van der Waals surface area contributed by atoms with Crippen LogP contribution in [0.2, 0.25) is 0 Å². The van der Waals surface area contributed by atoms with Crippen LogP contribution in [0, 0.1) is 5.92 Å². The van der Waals surface area contributed by atoms with Crippen molar-refractivity contribution in [3.05, 3.63) is 46.2 Å². The lowest BCUT2D eigenvalue weighted by atomic mass is 9.97. The van der Waals surface area contributed by atoms with Gasteiger partial charge in [0.15, 0.2) is 0 Å². The maximum atomic E-state index is 12.5. The van der Waals surface area contributed by atoms with E-state index in [9.17, 15) is 14.4 Å². The smallest absolute Gasteiger partial charge is 0.263 e. The quantitative estimate of drug-likeness (QED) is 0.813. The van der Waals surface area contributed by atoms with Gasteiger partial charge in [-0.25, -0.2) is 0 Å². The van der Waals surface area contributed by atoms with Crippen LogP contribution in [0.5, 0.6) is 0 Å². The molecule has 26 heavy (non-hydrogen) atoms. The molecule has 3 N–H and O–H groups in total. The Hall–Kier alpha value is -2.67. The first-order valence-corrected chi connectivity index (χ1v) is 8.86. The molecule has 0 unspecified atom stereocenters. The van der Waals surface area contributed by atoms with Gasteiger partial charge in [0.1, 0.15) is 5.56 Å². The second kappa shape index (κ2) is 7.70. The Morgan fingerprint density at radius 3 is 2.85 bits per heavy atom. The minimum Gasteiger partial charge on any atom is -0.369 e. The second-order valence-electron chi connectivity index (χ2n) is 6.78. The third-order valence-corrected chi connectivity index (χ3v) is 5.00. The van der Waals surface area contributed by atoms with E-state index in [1.807, 2.05) is 24.3 Å². The summed E-state index contributed by atoms with van der Waals surface area (Å²) in [5, 5.41) is 3.66. The summed E-state index contributed by atoms with van der Waals surface area (Å²) in [7, 11) is 1.67. The normalized spacial score (nSPS) is 18.0. The van der Waals surface area contributed by atoms with Crippen molar-refractivity contribution in [2.45, 2.75) is 12.8 Å². The summed E-state index contributed by atoms with van der Waals surface area (Å²) in [5.41, 5.74) is 6.00. The van der Waals surface area contributed by atoms with Crippen molar-refractivity contribution < 1.29 is 9.59 Å². The average molecular weight is 356 g/mol. The van der Waals surface area contributed by atoms with Gasteiger partial charge >= 0.3 is 0 Å². The number of aryl methyl sites for hydroxylation is 1. The van der Waals surface area contributed by atoms with Crippen LogP contribution in [0.1, 0.15) is 23.2 Å². The van der Waals surface area contributed by atoms with E-state index in [0.29, 0.717) is 19.6 Å². The summed E-state index contributed by atoms with van der Waals surface area (Å²) in [4.78, 5) is 38.4. The van der Waals surface area contributed by atoms with Crippen molar-refractivity contribution in [3.63, 3.8) is 0 Å².